The maximum Gasteiger partial charge on any atom is 0.360 e. The van der Waals surface area contributed by atoms with Gasteiger partial charge in [-0.3, -0.25) is 13.9 Å². The van der Waals surface area contributed by atoms with Crippen LogP contribution in [0.1, 0.15) is 10.4 Å². The molecule has 0 fully saturated rings. The van der Waals surface area contributed by atoms with Crippen molar-refractivity contribution in [2.24, 2.45) is 0 Å². The van der Waals surface area contributed by atoms with Crippen molar-refractivity contribution in [1.82, 2.24) is 4.98 Å². The topological polar surface area (TPSA) is 157 Å². The van der Waals surface area contributed by atoms with E-state index in [-0.39, 0.29) is 11.4 Å². The Morgan fingerprint density at radius 1 is 1.17 bits per heavy atom. The van der Waals surface area contributed by atoms with Crippen LogP contribution in [-0.2, 0) is 9.13 Å². The Bertz CT molecular complexity index is 497. The van der Waals surface area contributed by atoms with Gasteiger partial charge in [0.2, 0.25) is 5.52 Å². The molecule has 0 aromatic carbocycles. The standard InChI is InChI=1S/C7H10N2O7P2/c10-4-5-1-2-6(8-3-5)9-7(17(11,12)13)18(14,15)16/h1-4,7H,(H,8,9)(H2,11,12,13)(H2,14,15,16). The summed E-state index contributed by atoms with van der Waals surface area (Å²) in [5.41, 5.74) is -2.16. The van der Waals surface area contributed by atoms with E-state index in [2.05, 4.69) is 4.98 Å². The lowest BCUT2D eigenvalue weighted by molar-refractivity contribution is 0.112. The Morgan fingerprint density at radius 2 is 1.72 bits per heavy atom. The number of aromatic nitrogens is 1. The molecule has 0 aliphatic heterocycles. The van der Waals surface area contributed by atoms with Crippen LogP contribution in [0.2, 0.25) is 0 Å². The van der Waals surface area contributed by atoms with E-state index in [0.717, 1.165) is 6.20 Å². The molecule has 0 saturated carbocycles. The van der Waals surface area contributed by atoms with Gasteiger partial charge in [-0.15, -0.1) is 0 Å². The molecule has 1 heterocycles. The highest BCUT2D eigenvalue weighted by Gasteiger charge is 2.43. The van der Waals surface area contributed by atoms with Crippen molar-refractivity contribution in [3.63, 3.8) is 0 Å². The van der Waals surface area contributed by atoms with Gasteiger partial charge in [0.25, 0.3) is 0 Å². The molecule has 0 amide bonds. The molecule has 5 N–H and O–H groups in total. The van der Waals surface area contributed by atoms with Gasteiger partial charge in [-0.2, -0.15) is 0 Å². The van der Waals surface area contributed by atoms with Crippen LogP contribution < -0.4 is 5.32 Å². The maximum absolute atomic E-state index is 11.0. The van der Waals surface area contributed by atoms with E-state index in [1.54, 1.807) is 0 Å². The van der Waals surface area contributed by atoms with Crippen molar-refractivity contribution in [1.29, 1.82) is 0 Å². The normalized spacial score (nSPS) is 12.5. The fourth-order valence-corrected chi connectivity index (χ4v) is 3.23. The van der Waals surface area contributed by atoms with Gasteiger partial charge in [0, 0.05) is 11.8 Å². The van der Waals surface area contributed by atoms with Gasteiger partial charge in [-0.25, -0.2) is 4.98 Å². The summed E-state index contributed by atoms with van der Waals surface area (Å²) in [6, 6.07) is 2.45. The third kappa shape index (κ3) is 3.99. The highest BCUT2D eigenvalue weighted by atomic mass is 31.2. The summed E-state index contributed by atoms with van der Waals surface area (Å²) in [7, 11) is -10.1. The van der Waals surface area contributed by atoms with Crippen molar-refractivity contribution in [2.75, 3.05) is 5.32 Å². The summed E-state index contributed by atoms with van der Waals surface area (Å²) in [5.74, 6) is -0.169. The van der Waals surface area contributed by atoms with E-state index < -0.39 is 20.7 Å². The van der Waals surface area contributed by atoms with Gasteiger partial charge >= 0.3 is 15.2 Å². The molecule has 0 unspecified atom stereocenters. The van der Waals surface area contributed by atoms with Gasteiger partial charge in [-0.05, 0) is 12.1 Å². The average Bonchev–Trinajstić information content (AvgIpc) is 2.23. The molecular formula is C7H10N2O7P2. The lowest BCUT2D eigenvalue weighted by Gasteiger charge is -2.20. The van der Waals surface area contributed by atoms with E-state index in [1.807, 2.05) is 5.32 Å². The minimum absolute atomic E-state index is 0.169. The van der Waals surface area contributed by atoms with Crippen molar-refractivity contribution in [2.45, 2.75) is 5.52 Å². The molecule has 1 aromatic rings. The molecule has 0 spiro atoms. The molecule has 9 nitrogen and oxygen atoms in total. The number of hydrogen-bond donors (Lipinski definition) is 5. The number of carbonyl (C=O) groups is 1. The fourth-order valence-electron chi connectivity index (χ4n) is 1.06. The van der Waals surface area contributed by atoms with Gasteiger partial charge < -0.3 is 24.9 Å². The second-order valence-corrected chi connectivity index (χ2v) is 7.09. The number of anilines is 1. The first-order valence-corrected chi connectivity index (χ1v) is 7.79. The average molecular weight is 296 g/mol. The molecule has 100 valence electrons. The number of rotatable bonds is 5. The Kier molecular flexibility index (Phi) is 4.39. The zero-order valence-electron chi connectivity index (χ0n) is 8.74. The molecule has 0 atom stereocenters. The second kappa shape index (κ2) is 5.27. The fraction of sp³-hybridized carbons (Fsp3) is 0.143. The second-order valence-electron chi connectivity index (χ2n) is 3.29. The van der Waals surface area contributed by atoms with Crippen molar-refractivity contribution < 1.29 is 33.5 Å². The van der Waals surface area contributed by atoms with Crippen LogP contribution in [0, 0.1) is 0 Å². The van der Waals surface area contributed by atoms with Crippen molar-refractivity contribution in [3.05, 3.63) is 23.9 Å². The van der Waals surface area contributed by atoms with Crippen LogP contribution in [0.15, 0.2) is 18.3 Å². The number of pyridine rings is 1. The summed E-state index contributed by atoms with van der Waals surface area (Å²) in [4.78, 5) is 49.3. The van der Waals surface area contributed by atoms with Gasteiger partial charge in [-0.1, -0.05) is 0 Å². The first-order valence-electron chi connectivity index (χ1n) is 4.43. The van der Waals surface area contributed by atoms with Crippen LogP contribution in [0.3, 0.4) is 0 Å². The minimum Gasteiger partial charge on any atom is -0.346 e. The molecule has 0 aliphatic carbocycles. The maximum atomic E-state index is 11.0. The van der Waals surface area contributed by atoms with Crippen LogP contribution in [0.4, 0.5) is 5.82 Å². The predicted octanol–water partition coefficient (Wildman–Crippen LogP) is -0.0550. The zero-order valence-corrected chi connectivity index (χ0v) is 10.5. The molecule has 18 heavy (non-hydrogen) atoms. The van der Waals surface area contributed by atoms with Crippen LogP contribution >= 0.6 is 15.2 Å². The molecular weight excluding hydrogens is 286 g/mol. The van der Waals surface area contributed by atoms with E-state index in [1.165, 1.54) is 12.1 Å². The zero-order chi connectivity index (χ0) is 14.0. The lowest BCUT2D eigenvalue weighted by Crippen LogP contribution is -2.20. The summed E-state index contributed by atoms with van der Waals surface area (Å²) >= 11 is 0. The van der Waals surface area contributed by atoms with E-state index in [0.29, 0.717) is 6.29 Å². The van der Waals surface area contributed by atoms with Crippen molar-refractivity contribution in [3.8, 4) is 0 Å². The third-order valence-corrected chi connectivity index (χ3v) is 5.17. The van der Waals surface area contributed by atoms with Crippen LogP contribution in [-0.4, -0.2) is 36.4 Å². The Labute approximate surface area is 101 Å². The quantitative estimate of drug-likeness (QED) is 0.371. The number of hydrogen-bond acceptors (Lipinski definition) is 5. The minimum atomic E-state index is -5.07. The van der Waals surface area contributed by atoms with Crippen molar-refractivity contribution >= 4 is 27.3 Å². The monoisotopic (exact) mass is 296 g/mol. The predicted molar refractivity (Wildman–Crippen MR) is 61.1 cm³/mol. The number of aldehydes is 1. The summed E-state index contributed by atoms with van der Waals surface area (Å²) < 4.78 is 21.9. The molecule has 0 aliphatic rings. The summed E-state index contributed by atoms with van der Waals surface area (Å²) in [6.07, 6.45) is 1.59. The van der Waals surface area contributed by atoms with Crippen LogP contribution in [0.5, 0.6) is 0 Å². The lowest BCUT2D eigenvalue weighted by atomic mass is 10.3. The Morgan fingerprint density at radius 3 is 2.06 bits per heavy atom. The summed E-state index contributed by atoms with van der Waals surface area (Å²) in [5, 5.41) is 1.96. The highest BCUT2D eigenvalue weighted by molar-refractivity contribution is 7.71. The molecule has 0 saturated heterocycles. The van der Waals surface area contributed by atoms with Crippen LogP contribution in [0.25, 0.3) is 0 Å². The van der Waals surface area contributed by atoms with E-state index in [9.17, 15) is 13.9 Å². The third-order valence-electron chi connectivity index (χ3n) is 1.84. The number of nitrogens with one attached hydrogen (secondary N) is 1. The molecule has 0 radical (unpaired) electrons. The Balaban J connectivity index is 3.01. The summed E-state index contributed by atoms with van der Waals surface area (Å²) in [6.45, 7) is 0. The molecule has 0 bridgehead atoms. The highest BCUT2D eigenvalue weighted by Crippen LogP contribution is 2.59. The van der Waals surface area contributed by atoms with E-state index in [4.69, 9.17) is 19.6 Å². The SMILES string of the molecule is O=Cc1ccc(NC(P(=O)(O)O)P(=O)(O)O)nc1. The Hall–Kier alpha value is -1.08. The van der Waals surface area contributed by atoms with Gasteiger partial charge in [0.05, 0.1) is 0 Å². The first kappa shape index (κ1) is 15.0. The largest absolute Gasteiger partial charge is 0.360 e. The van der Waals surface area contributed by atoms with E-state index >= 15 is 0 Å². The number of carbonyl (C=O) groups excluding carboxylic acids is 1. The smallest absolute Gasteiger partial charge is 0.346 e. The molecule has 11 heteroatoms. The van der Waals surface area contributed by atoms with Gasteiger partial charge in [0.1, 0.15) is 5.82 Å². The molecule has 1 aromatic heterocycles. The van der Waals surface area contributed by atoms with Gasteiger partial charge in [0.15, 0.2) is 6.29 Å². The molecule has 1 rings (SSSR count). The first-order chi connectivity index (χ1) is 8.14. The number of nitrogens with zero attached hydrogens (tertiary/aromatic N) is 1.